The maximum atomic E-state index is 14.5. The monoisotopic (exact) mass is 803 g/mol. The summed E-state index contributed by atoms with van der Waals surface area (Å²) in [6.45, 7) is 16.9. The maximum Gasteiger partial charge on any atom is 0.254 e. The lowest BCUT2D eigenvalue weighted by atomic mass is 9.90. The lowest BCUT2D eigenvalue weighted by Crippen LogP contribution is -3.00. The molecule has 1 amide bonds. The average molecular weight is 804 g/mol. The smallest absolute Gasteiger partial charge is 0.254 e. The zero-order valence-corrected chi connectivity index (χ0v) is 34.7. The van der Waals surface area contributed by atoms with Crippen LogP contribution in [0.3, 0.4) is 0 Å². The van der Waals surface area contributed by atoms with Gasteiger partial charge < -0.3 is 37.1 Å². The van der Waals surface area contributed by atoms with Crippen LogP contribution in [0.5, 0.6) is 5.75 Å². The summed E-state index contributed by atoms with van der Waals surface area (Å²) in [6, 6.07) is 28.2. The first-order valence-electron chi connectivity index (χ1n) is 20.2. The van der Waals surface area contributed by atoms with Crippen molar-refractivity contribution in [1.29, 1.82) is 5.41 Å². The molecule has 2 aliphatic heterocycles. The van der Waals surface area contributed by atoms with E-state index in [0.29, 0.717) is 43.9 Å². The van der Waals surface area contributed by atoms with E-state index < -0.39 is 0 Å². The topological polar surface area (TPSA) is 133 Å². The number of benzene rings is 4. The molecule has 304 valence electrons. The quantitative estimate of drug-likeness (QED) is 0.0533. The molecule has 58 heavy (non-hydrogen) atoms. The Balaban J connectivity index is 0.00000567. The molecule has 13 heteroatoms. The Labute approximate surface area is 346 Å². The van der Waals surface area contributed by atoms with Crippen molar-refractivity contribution in [2.45, 2.75) is 47.2 Å². The number of hydrogen-bond donors (Lipinski definition) is 2. The van der Waals surface area contributed by atoms with Crippen LogP contribution < -0.4 is 37.7 Å². The molecule has 0 bridgehead atoms. The molecular formula is C45H54ClN9O3. The molecule has 0 unspecified atom stereocenters. The second-order valence-corrected chi connectivity index (χ2v) is 14.4. The number of carbonyl (C=O) groups is 1. The fraction of sp³-hybridized carbons (Fsp3) is 0.356. The van der Waals surface area contributed by atoms with Crippen LogP contribution in [0.2, 0.25) is 0 Å². The van der Waals surface area contributed by atoms with Gasteiger partial charge in [-0.2, -0.15) is 0 Å². The van der Waals surface area contributed by atoms with Gasteiger partial charge in [-0.3, -0.25) is 19.8 Å². The van der Waals surface area contributed by atoms with Gasteiger partial charge in [0.05, 0.1) is 18.4 Å². The summed E-state index contributed by atoms with van der Waals surface area (Å²) < 4.78 is 16.7. The third kappa shape index (κ3) is 9.19. The van der Waals surface area contributed by atoms with Crippen molar-refractivity contribution in [2.75, 3.05) is 63.9 Å². The Hall–Kier alpha value is -5.72. The van der Waals surface area contributed by atoms with Crippen LogP contribution in [-0.4, -0.2) is 95.5 Å². The summed E-state index contributed by atoms with van der Waals surface area (Å²) in [5.74, 6) is 1.62. The minimum Gasteiger partial charge on any atom is -1.00 e. The van der Waals surface area contributed by atoms with E-state index >= 15 is 0 Å². The number of ether oxygens (including phenoxy) is 1. The van der Waals surface area contributed by atoms with Crippen LogP contribution in [0, 0.1) is 5.41 Å². The summed E-state index contributed by atoms with van der Waals surface area (Å²) in [6.07, 6.45) is 2.77. The van der Waals surface area contributed by atoms with Crippen molar-refractivity contribution in [3.63, 3.8) is 0 Å². The van der Waals surface area contributed by atoms with Crippen molar-refractivity contribution < 1.29 is 26.4 Å². The van der Waals surface area contributed by atoms with Crippen molar-refractivity contribution in [3.8, 4) is 28.2 Å². The van der Waals surface area contributed by atoms with Crippen LogP contribution >= 0.6 is 0 Å². The minimum absolute atomic E-state index is 0. The van der Waals surface area contributed by atoms with Crippen LogP contribution in [-0.2, 0) is 13.1 Å². The second-order valence-electron chi connectivity index (χ2n) is 14.4. The first kappa shape index (κ1) is 41.9. The number of carbonyl (C=O) groups excluding carboxylic acids is 1. The van der Waals surface area contributed by atoms with Gasteiger partial charge in [0.1, 0.15) is 36.0 Å². The van der Waals surface area contributed by atoms with Gasteiger partial charge in [0.2, 0.25) is 5.36 Å². The minimum atomic E-state index is 0. The van der Waals surface area contributed by atoms with E-state index in [1.807, 2.05) is 46.1 Å². The van der Waals surface area contributed by atoms with Crippen molar-refractivity contribution in [1.82, 2.24) is 29.4 Å². The number of anilines is 1. The number of amidine groups is 1. The lowest BCUT2D eigenvalue weighted by Gasteiger charge is -2.34. The standard InChI is InChI=1S/C45H54N9O3.ClH/c1-5-51(6-2)34-16-20-39-41(28-34)57-42-29-35(52(7-3)8-4)17-21-40(42)43(39)37-12-9-10-13-38(37)45(55)53-25-23-50(24-26-53)30-33-31-54(49-48-33)22-11-27-56-36-18-14-32(15-19-36)44(46)47;/h9-10,12-21,28-29,31H,5-8,11,22-27,30H2,1-4H3,(H3,46,47);1H/q+1;/p-1. The molecule has 12 nitrogen and oxygen atoms in total. The maximum absolute atomic E-state index is 14.5. The van der Waals surface area contributed by atoms with Crippen molar-refractivity contribution >= 4 is 28.4 Å². The van der Waals surface area contributed by atoms with E-state index in [9.17, 15) is 4.79 Å². The summed E-state index contributed by atoms with van der Waals surface area (Å²) in [5, 5.41) is 18.4. The summed E-state index contributed by atoms with van der Waals surface area (Å²) in [4.78, 5) is 21.1. The highest BCUT2D eigenvalue weighted by atomic mass is 35.5. The van der Waals surface area contributed by atoms with Crippen LogP contribution in [0.25, 0.3) is 33.4 Å². The van der Waals surface area contributed by atoms with Crippen LogP contribution in [0.4, 0.5) is 5.69 Å². The molecule has 3 N–H and O–H groups in total. The molecule has 3 heterocycles. The second kappa shape index (κ2) is 19.1. The zero-order chi connectivity index (χ0) is 39.9. The molecule has 3 aromatic carbocycles. The lowest BCUT2D eigenvalue weighted by molar-refractivity contribution is -0.0000239. The van der Waals surface area contributed by atoms with E-state index in [2.05, 4.69) is 94.8 Å². The summed E-state index contributed by atoms with van der Waals surface area (Å²) in [5.41, 5.74) is 12.6. The molecule has 1 aromatic heterocycles. The van der Waals surface area contributed by atoms with Gasteiger partial charge in [0, 0.05) is 110 Å². The third-order valence-electron chi connectivity index (χ3n) is 11.0. The number of amides is 1. The first-order valence-corrected chi connectivity index (χ1v) is 20.2. The number of aromatic nitrogens is 3. The number of nitrogen functional groups attached to an aromatic ring is 1. The van der Waals surface area contributed by atoms with E-state index in [1.54, 1.807) is 12.1 Å². The highest BCUT2D eigenvalue weighted by molar-refractivity contribution is 6.09. The van der Waals surface area contributed by atoms with Gasteiger partial charge in [-0.1, -0.05) is 23.4 Å². The Kier molecular flexibility index (Phi) is 13.8. The molecule has 1 aliphatic carbocycles. The third-order valence-corrected chi connectivity index (χ3v) is 11.0. The summed E-state index contributed by atoms with van der Waals surface area (Å²) in [7, 11) is 0. The molecule has 0 spiro atoms. The molecular weight excluding hydrogens is 750 g/mol. The Morgan fingerprint density at radius 3 is 2.36 bits per heavy atom. The van der Waals surface area contributed by atoms with Crippen molar-refractivity contribution in [3.05, 3.63) is 113 Å². The molecule has 0 saturated carbocycles. The Morgan fingerprint density at radius 2 is 1.66 bits per heavy atom. The number of nitrogens with one attached hydrogen (secondary N) is 1. The number of nitrogens with zero attached hydrogens (tertiary/aromatic N) is 7. The highest BCUT2D eigenvalue weighted by Gasteiger charge is 2.27. The number of halogens is 1. The van der Waals surface area contributed by atoms with E-state index in [-0.39, 0.29) is 24.1 Å². The Bertz CT molecular complexity index is 2370. The molecule has 1 fully saturated rings. The summed E-state index contributed by atoms with van der Waals surface area (Å²) >= 11 is 0. The Morgan fingerprint density at radius 1 is 0.914 bits per heavy atom. The molecule has 7 rings (SSSR count). The van der Waals surface area contributed by atoms with Crippen LogP contribution in [0.1, 0.15) is 55.7 Å². The molecule has 1 saturated heterocycles. The van der Waals surface area contributed by atoms with Gasteiger partial charge in [-0.15, -0.1) is 5.10 Å². The highest BCUT2D eigenvalue weighted by Crippen LogP contribution is 2.42. The number of aryl methyl sites for hydroxylation is 1. The number of nitrogens with two attached hydrogens (primary N) is 1. The van der Waals surface area contributed by atoms with Crippen LogP contribution in [0.15, 0.2) is 95.5 Å². The predicted molar refractivity (Wildman–Crippen MR) is 227 cm³/mol. The van der Waals surface area contributed by atoms with Gasteiger partial charge in [0.15, 0.2) is 0 Å². The zero-order valence-electron chi connectivity index (χ0n) is 34.0. The van der Waals surface area contributed by atoms with Gasteiger partial charge in [0.25, 0.3) is 5.91 Å². The SMILES string of the molecule is CCN(CC)c1ccc2c(-c3ccccc3C(=O)N3CCN(Cc4cn(CCCOc5ccc(C(=N)N)cc5)nn4)CC3)c3ccc(=[N+](CC)CC)cc-3oc2c1.[Cl-]. The van der Waals surface area contributed by atoms with E-state index in [1.165, 1.54) is 0 Å². The normalized spacial score (nSPS) is 13.1. The fourth-order valence-electron chi connectivity index (χ4n) is 7.79. The molecule has 3 aliphatic rings. The number of piperazine rings is 1. The largest absolute Gasteiger partial charge is 1.00 e. The fourth-order valence-corrected chi connectivity index (χ4v) is 7.79. The van der Waals surface area contributed by atoms with Crippen molar-refractivity contribution in [2.24, 2.45) is 5.73 Å². The van der Waals surface area contributed by atoms with E-state index in [4.69, 9.17) is 20.3 Å². The predicted octanol–water partition coefficient (Wildman–Crippen LogP) is 3.17. The number of fused-ring (bicyclic) bond motifs is 2. The number of rotatable bonds is 15. The molecule has 0 radical (unpaired) electrons. The molecule has 0 atom stereocenters. The van der Waals surface area contributed by atoms with E-state index in [0.717, 1.165) is 102 Å². The first-order chi connectivity index (χ1) is 27.8. The van der Waals surface area contributed by atoms with Gasteiger partial charge in [-0.05, 0) is 81.8 Å². The van der Waals surface area contributed by atoms with Gasteiger partial charge >= 0.3 is 0 Å². The molecule has 4 aromatic rings. The number of hydrogen-bond acceptors (Lipinski definition) is 8. The van der Waals surface area contributed by atoms with Gasteiger partial charge in [-0.25, -0.2) is 4.58 Å². The average Bonchev–Trinajstić information content (AvgIpc) is 3.69.